The summed E-state index contributed by atoms with van der Waals surface area (Å²) in [5, 5.41) is 2.81. The predicted octanol–water partition coefficient (Wildman–Crippen LogP) is 2.33. The normalized spacial score (nSPS) is 31.3. The van der Waals surface area contributed by atoms with Crippen molar-refractivity contribution < 1.29 is 9.59 Å². The van der Waals surface area contributed by atoms with Gasteiger partial charge in [0, 0.05) is 6.54 Å². The predicted molar refractivity (Wildman–Crippen MR) is 79.2 cm³/mol. The molecule has 3 unspecified atom stereocenters. The molecule has 114 valence electrons. The summed E-state index contributed by atoms with van der Waals surface area (Å²) in [6.45, 7) is 5.37. The number of rotatable bonds is 5. The van der Waals surface area contributed by atoms with Gasteiger partial charge in [-0.3, -0.25) is 9.59 Å². The van der Waals surface area contributed by atoms with Gasteiger partial charge in [0.15, 0.2) is 0 Å². The number of nitrogens with one attached hydrogen (secondary N) is 1. The molecule has 0 aromatic carbocycles. The molecule has 2 aliphatic rings. The standard InChI is InChI=1S/C16H28N2O2/c1-3-5-14-16(20)18(11-15(19)17-14)9-8-13-7-4-6-12(2)10-13/h12-14H,3-11H2,1-2H3,(H,17,19). The number of hydrogen-bond donors (Lipinski definition) is 1. The van der Waals surface area contributed by atoms with Crippen molar-refractivity contribution in [2.75, 3.05) is 13.1 Å². The fourth-order valence-corrected chi connectivity index (χ4v) is 3.61. The van der Waals surface area contributed by atoms with Gasteiger partial charge in [-0.05, 0) is 31.1 Å². The minimum atomic E-state index is -0.286. The first-order chi connectivity index (χ1) is 9.60. The highest BCUT2D eigenvalue weighted by molar-refractivity contribution is 5.94. The second kappa shape index (κ2) is 7.09. The van der Waals surface area contributed by atoms with E-state index in [-0.39, 0.29) is 24.4 Å². The highest BCUT2D eigenvalue weighted by atomic mass is 16.2. The third-order valence-electron chi connectivity index (χ3n) is 4.71. The van der Waals surface area contributed by atoms with Gasteiger partial charge in [-0.2, -0.15) is 0 Å². The van der Waals surface area contributed by atoms with Gasteiger partial charge in [-0.15, -0.1) is 0 Å². The smallest absolute Gasteiger partial charge is 0.245 e. The summed E-state index contributed by atoms with van der Waals surface area (Å²) in [5.41, 5.74) is 0. The third-order valence-corrected chi connectivity index (χ3v) is 4.71. The van der Waals surface area contributed by atoms with Crippen molar-refractivity contribution in [3.8, 4) is 0 Å². The molecule has 1 saturated heterocycles. The monoisotopic (exact) mass is 280 g/mol. The number of amides is 2. The zero-order chi connectivity index (χ0) is 14.5. The molecule has 0 bridgehead atoms. The highest BCUT2D eigenvalue weighted by Crippen LogP contribution is 2.30. The van der Waals surface area contributed by atoms with Gasteiger partial charge in [0.05, 0.1) is 6.54 Å². The lowest BCUT2D eigenvalue weighted by molar-refractivity contribution is -0.144. The van der Waals surface area contributed by atoms with E-state index in [2.05, 4.69) is 12.2 Å². The van der Waals surface area contributed by atoms with E-state index < -0.39 is 0 Å². The van der Waals surface area contributed by atoms with Crippen molar-refractivity contribution in [2.45, 2.75) is 64.8 Å². The fourth-order valence-electron chi connectivity index (χ4n) is 3.61. The van der Waals surface area contributed by atoms with Crippen molar-refractivity contribution in [2.24, 2.45) is 11.8 Å². The summed E-state index contributed by atoms with van der Waals surface area (Å²) in [6, 6.07) is -0.286. The molecule has 2 amide bonds. The summed E-state index contributed by atoms with van der Waals surface area (Å²) in [6.07, 6.45) is 7.97. The second-order valence-electron chi connectivity index (χ2n) is 6.60. The number of carbonyl (C=O) groups is 2. The lowest BCUT2D eigenvalue weighted by atomic mass is 9.81. The molecule has 4 nitrogen and oxygen atoms in total. The molecule has 0 spiro atoms. The van der Waals surface area contributed by atoms with Crippen molar-refractivity contribution in [1.82, 2.24) is 10.2 Å². The molecule has 4 heteroatoms. The largest absolute Gasteiger partial charge is 0.343 e. The molecule has 0 radical (unpaired) electrons. The minimum absolute atomic E-state index is 0.0000576. The molecular formula is C16H28N2O2. The molecule has 1 aliphatic heterocycles. The lowest BCUT2D eigenvalue weighted by Gasteiger charge is -2.34. The molecule has 0 aromatic heterocycles. The van der Waals surface area contributed by atoms with Crippen molar-refractivity contribution in [3.63, 3.8) is 0 Å². The van der Waals surface area contributed by atoms with Crippen molar-refractivity contribution >= 4 is 11.8 Å². The van der Waals surface area contributed by atoms with Gasteiger partial charge in [0.1, 0.15) is 6.04 Å². The van der Waals surface area contributed by atoms with Gasteiger partial charge < -0.3 is 10.2 Å². The molecule has 2 rings (SSSR count). The van der Waals surface area contributed by atoms with Crippen LogP contribution in [-0.2, 0) is 9.59 Å². The van der Waals surface area contributed by atoms with Crippen LogP contribution in [0, 0.1) is 11.8 Å². The summed E-state index contributed by atoms with van der Waals surface area (Å²) < 4.78 is 0. The molecule has 1 N–H and O–H groups in total. The Bertz CT molecular complexity index is 356. The zero-order valence-electron chi connectivity index (χ0n) is 12.9. The Morgan fingerprint density at radius 1 is 1.25 bits per heavy atom. The molecule has 3 atom stereocenters. The number of hydrogen-bond acceptors (Lipinski definition) is 2. The Kier molecular flexibility index (Phi) is 5.44. The molecule has 0 aromatic rings. The molecule has 20 heavy (non-hydrogen) atoms. The van der Waals surface area contributed by atoms with Gasteiger partial charge in [0.25, 0.3) is 0 Å². The average Bonchev–Trinajstić information content (AvgIpc) is 2.41. The van der Waals surface area contributed by atoms with E-state index in [1.165, 1.54) is 25.7 Å². The number of piperazine rings is 1. The summed E-state index contributed by atoms with van der Waals surface area (Å²) >= 11 is 0. The van der Waals surface area contributed by atoms with Gasteiger partial charge in [-0.1, -0.05) is 39.5 Å². The zero-order valence-corrected chi connectivity index (χ0v) is 12.9. The van der Waals surface area contributed by atoms with E-state index in [1.54, 1.807) is 4.90 Å². The van der Waals surface area contributed by atoms with Gasteiger partial charge in [-0.25, -0.2) is 0 Å². The summed E-state index contributed by atoms with van der Waals surface area (Å²) in [5.74, 6) is 1.68. The Balaban J connectivity index is 1.84. The number of carbonyl (C=O) groups excluding carboxylic acids is 2. The second-order valence-corrected chi connectivity index (χ2v) is 6.60. The maximum absolute atomic E-state index is 12.3. The van der Waals surface area contributed by atoms with Crippen LogP contribution in [0.5, 0.6) is 0 Å². The highest BCUT2D eigenvalue weighted by Gasteiger charge is 2.32. The van der Waals surface area contributed by atoms with E-state index in [4.69, 9.17) is 0 Å². The van der Waals surface area contributed by atoms with E-state index >= 15 is 0 Å². The fraction of sp³-hybridized carbons (Fsp3) is 0.875. The van der Waals surface area contributed by atoms with Crippen LogP contribution in [0.2, 0.25) is 0 Å². The quantitative estimate of drug-likeness (QED) is 0.840. The third kappa shape index (κ3) is 3.97. The molecule has 2 fully saturated rings. The van der Waals surface area contributed by atoms with Crippen LogP contribution in [-0.4, -0.2) is 35.8 Å². The van der Waals surface area contributed by atoms with Crippen LogP contribution in [0.1, 0.15) is 58.8 Å². The van der Waals surface area contributed by atoms with E-state index in [1.807, 2.05) is 6.92 Å². The molecule has 1 heterocycles. The first-order valence-electron chi connectivity index (χ1n) is 8.18. The first-order valence-corrected chi connectivity index (χ1v) is 8.18. The van der Waals surface area contributed by atoms with Crippen LogP contribution in [0.15, 0.2) is 0 Å². The van der Waals surface area contributed by atoms with Crippen LogP contribution in [0.4, 0.5) is 0 Å². The maximum Gasteiger partial charge on any atom is 0.245 e. The number of nitrogens with zero attached hydrogens (tertiary/aromatic N) is 1. The summed E-state index contributed by atoms with van der Waals surface area (Å²) in [4.78, 5) is 25.8. The van der Waals surface area contributed by atoms with E-state index in [0.717, 1.165) is 37.6 Å². The van der Waals surface area contributed by atoms with Gasteiger partial charge in [0.2, 0.25) is 11.8 Å². The van der Waals surface area contributed by atoms with Crippen LogP contribution in [0.3, 0.4) is 0 Å². The summed E-state index contributed by atoms with van der Waals surface area (Å²) in [7, 11) is 0. The van der Waals surface area contributed by atoms with Gasteiger partial charge >= 0.3 is 0 Å². The SMILES string of the molecule is CCCC1NC(=O)CN(CCC2CCCC(C)C2)C1=O. The van der Waals surface area contributed by atoms with Crippen molar-refractivity contribution in [1.29, 1.82) is 0 Å². The Morgan fingerprint density at radius 3 is 2.75 bits per heavy atom. The Morgan fingerprint density at radius 2 is 2.05 bits per heavy atom. The van der Waals surface area contributed by atoms with E-state index in [9.17, 15) is 9.59 Å². The van der Waals surface area contributed by atoms with Crippen molar-refractivity contribution in [3.05, 3.63) is 0 Å². The van der Waals surface area contributed by atoms with Crippen LogP contribution in [0.25, 0.3) is 0 Å². The Labute approximate surface area is 122 Å². The topological polar surface area (TPSA) is 49.4 Å². The van der Waals surface area contributed by atoms with Crippen LogP contribution >= 0.6 is 0 Å². The lowest BCUT2D eigenvalue weighted by Crippen LogP contribution is -2.58. The van der Waals surface area contributed by atoms with Crippen LogP contribution < -0.4 is 5.32 Å². The maximum atomic E-state index is 12.3. The average molecular weight is 280 g/mol. The molecule has 1 aliphatic carbocycles. The molecular weight excluding hydrogens is 252 g/mol. The van der Waals surface area contributed by atoms with E-state index in [0.29, 0.717) is 0 Å². The minimum Gasteiger partial charge on any atom is -0.343 e. The first kappa shape index (κ1) is 15.3. The Hall–Kier alpha value is -1.06. The molecule has 1 saturated carbocycles.